The number of hydrogen-bond acceptors (Lipinski definition) is 4. The van der Waals surface area contributed by atoms with Crippen molar-refractivity contribution in [3.05, 3.63) is 162 Å². The minimum absolute atomic E-state index is 0.152. The van der Waals surface area contributed by atoms with Crippen LogP contribution >= 0.6 is 0 Å². The van der Waals surface area contributed by atoms with E-state index in [1.54, 1.807) is 0 Å². The maximum absolute atomic E-state index is 12.2. The minimum atomic E-state index is -0.293. The third kappa shape index (κ3) is 7.03. The minimum Gasteiger partial charge on any atom is -0.507 e. The Morgan fingerprint density at radius 2 is 1.18 bits per heavy atom. The van der Waals surface area contributed by atoms with Crippen LogP contribution in [0.2, 0.25) is 0 Å². The van der Waals surface area contributed by atoms with E-state index in [1.165, 1.54) is 11.1 Å². The van der Waals surface area contributed by atoms with E-state index in [0.29, 0.717) is 11.4 Å². The van der Waals surface area contributed by atoms with Gasteiger partial charge in [-0.1, -0.05) is 139 Å². The fourth-order valence-corrected chi connectivity index (χ4v) is 7.88. The molecule has 3 heterocycles. The first-order chi connectivity index (χ1) is 27.2. The van der Waals surface area contributed by atoms with E-state index >= 15 is 0 Å². The van der Waals surface area contributed by atoms with Crippen LogP contribution in [0.5, 0.6) is 5.75 Å². The molecule has 5 heteroatoms. The molecule has 0 atom stereocenters. The summed E-state index contributed by atoms with van der Waals surface area (Å²) in [7, 11) is 0. The highest BCUT2D eigenvalue weighted by atomic mass is 16.3. The molecule has 57 heavy (non-hydrogen) atoms. The second-order valence-corrected chi connectivity index (χ2v) is 17.4. The Balaban J connectivity index is 1.29. The number of fused-ring (bicyclic) bond motifs is 1. The summed E-state index contributed by atoms with van der Waals surface area (Å²) in [6.07, 6.45) is 3.83. The highest BCUT2D eigenvalue weighted by molar-refractivity contribution is 5.95. The van der Waals surface area contributed by atoms with E-state index in [-0.39, 0.29) is 16.6 Å². The highest BCUT2D eigenvalue weighted by Crippen LogP contribution is 2.45. The smallest absolute Gasteiger partial charge is 0.149 e. The van der Waals surface area contributed by atoms with Crippen molar-refractivity contribution < 1.29 is 5.11 Å². The summed E-state index contributed by atoms with van der Waals surface area (Å²) in [6.45, 7) is 19.5. The third-order valence-electron chi connectivity index (χ3n) is 11.1. The molecule has 5 nitrogen and oxygen atoms in total. The molecule has 0 aliphatic carbocycles. The number of pyridine rings is 2. The second-order valence-electron chi connectivity index (χ2n) is 17.4. The van der Waals surface area contributed by atoms with Gasteiger partial charge in [-0.15, -0.1) is 0 Å². The van der Waals surface area contributed by atoms with Gasteiger partial charge in [0.1, 0.15) is 17.1 Å². The zero-order valence-corrected chi connectivity index (χ0v) is 34.4. The van der Waals surface area contributed by atoms with Crippen LogP contribution in [0.15, 0.2) is 134 Å². The normalized spacial score (nSPS) is 12.0. The Bertz CT molecular complexity index is 2760. The van der Waals surface area contributed by atoms with E-state index in [9.17, 15) is 5.11 Å². The Morgan fingerprint density at radius 3 is 1.86 bits per heavy atom. The maximum atomic E-state index is 12.2. The molecule has 8 aromatic rings. The van der Waals surface area contributed by atoms with E-state index < -0.39 is 0 Å². The summed E-state index contributed by atoms with van der Waals surface area (Å²) in [5, 5.41) is 12.2. The van der Waals surface area contributed by atoms with Crippen molar-refractivity contribution in [3.63, 3.8) is 0 Å². The third-order valence-corrected chi connectivity index (χ3v) is 11.1. The molecule has 5 aromatic carbocycles. The number of para-hydroxylation sites is 1. The number of benzene rings is 5. The lowest BCUT2D eigenvalue weighted by atomic mass is 9.79. The van der Waals surface area contributed by atoms with Gasteiger partial charge in [0.2, 0.25) is 0 Å². The van der Waals surface area contributed by atoms with Gasteiger partial charge in [-0.05, 0) is 100 Å². The summed E-state index contributed by atoms with van der Waals surface area (Å²) in [5.41, 5.74) is 16.7. The number of aromatic nitrogens is 4. The monoisotopic (exact) mass is 746 g/mol. The predicted octanol–water partition coefficient (Wildman–Crippen LogP) is 13.4. The summed E-state index contributed by atoms with van der Waals surface area (Å²) in [4.78, 5) is 15.3. The van der Waals surface area contributed by atoms with Crippen LogP contribution in [-0.2, 0) is 10.8 Å². The van der Waals surface area contributed by atoms with Gasteiger partial charge in [0.05, 0.1) is 28.2 Å². The number of imidazole rings is 1. The molecular formula is C52H50N4O. The largest absolute Gasteiger partial charge is 0.507 e. The molecule has 0 saturated heterocycles. The van der Waals surface area contributed by atoms with Gasteiger partial charge in [0.15, 0.2) is 0 Å². The fourth-order valence-electron chi connectivity index (χ4n) is 7.88. The van der Waals surface area contributed by atoms with Crippen LogP contribution in [-0.4, -0.2) is 24.6 Å². The van der Waals surface area contributed by atoms with E-state index in [4.69, 9.17) is 15.0 Å². The zero-order valence-electron chi connectivity index (χ0n) is 34.4. The van der Waals surface area contributed by atoms with Crippen molar-refractivity contribution in [2.75, 3.05) is 0 Å². The van der Waals surface area contributed by atoms with Gasteiger partial charge >= 0.3 is 0 Å². The number of aromatic hydroxyl groups is 1. The Hall–Kier alpha value is -6.33. The van der Waals surface area contributed by atoms with E-state index in [1.807, 2.05) is 24.5 Å². The predicted molar refractivity (Wildman–Crippen MR) is 237 cm³/mol. The van der Waals surface area contributed by atoms with Crippen molar-refractivity contribution in [2.45, 2.75) is 73.1 Å². The highest BCUT2D eigenvalue weighted by Gasteiger charge is 2.29. The molecule has 0 aliphatic rings. The number of phenols is 1. The Morgan fingerprint density at radius 1 is 0.544 bits per heavy atom. The topological polar surface area (TPSA) is 63.8 Å². The lowest BCUT2D eigenvalue weighted by molar-refractivity contribution is 0.446. The van der Waals surface area contributed by atoms with Crippen molar-refractivity contribution in [1.29, 1.82) is 0 Å². The number of hydrogen-bond donors (Lipinski definition) is 1. The van der Waals surface area contributed by atoms with Crippen LogP contribution in [0.4, 0.5) is 0 Å². The summed E-state index contributed by atoms with van der Waals surface area (Å²) in [5.74, 6) is 0.941. The van der Waals surface area contributed by atoms with Crippen LogP contribution in [0, 0.1) is 20.8 Å². The molecule has 0 radical (unpaired) electrons. The summed E-state index contributed by atoms with van der Waals surface area (Å²) >= 11 is 0. The molecule has 8 rings (SSSR count). The summed E-state index contributed by atoms with van der Waals surface area (Å²) < 4.78 is 2.22. The molecule has 0 fully saturated rings. The average molecular weight is 747 g/mol. The van der Waals surface area contributed by atoms with Crippen molar-refractivity contribution in [2.24, 2.45) is 0 Å². The van der Waals surface area contributed by atoms with Crippen LogP contribution in [0.3, 0.4) is 0 Å². The van der Waals surface area contributed by atoms with Gasteiger partial charge in [-0.2, -0.15) is 0 Å². The van der Waals surface area contributed by atoms with Gasteiger partial charge in [0, 0.05) is 29.1 Å². The van der Waals surface area contributed by atoms with E-state index in [0.717, 1.165) is 78.2 Å². The number of nitrogens with zero attached hydrogens (tertiary/aromatic N) is 4. The number of phenolic OH excluding ortho intramolecular Hbond substituents is 1. The van der Waals surface area contributed by atoms with Crippen LogP contribution < -0.4 is 0 Å². The molecule has 0 bridgehead atoms. The fraction of sp³-hybridized carbons (Fsp3) is 0.212. The Kier molecular flexibility index (Phi) is 9.44. The molecular weight excluding hydrogens is 697 g/mol. The Labute approximate surface area is 336 Å². The van der Waals surface area contributed by atoms with Gasteiger partial charge in [0.25, 0.3) is 0 Å². The number of rotatable bonds is 6. The summed E-state index contributed by atoms with van der Waals surface area (Å²) in [6, 6.07) is 42.5. The molecule has 1 N–H and O–H groups in total. The number of aryl methyl sites for hydroxylation is 3. The molecule has 3 aromatic heterocycles. The van der Waals surface area contributed by atoms with E-state index in [2.05, 4.69) is 176 Å². The molecule has 0 aliphatic heterocycles. The maximum Gasteiger partial charge on any atom is 0.149 e. The molecule has 0 spiro atoms. The SMILES string of the molecule is Cc1cnc(-c2cccc(-c3nccc4c3nc(-c3cc(C(C)(C)C)cc(C(C)(C)C)c3O)n4-c3c(C)cccc3C)c2)cc1-c1ccc(-c2ccccc2)cc1. The first kappa shape index (κ1) is 37.6. The van der Waals surface area contributed by atoms with Gasteiger partial charge < -0.3 is 5.11 Å². The van der Waals surface area contributed by atoms with Crippen LogP contribution in [0.1, 0.15) is 69.4 Å². The van der Waals surface area contributed by atoms with Crippen molar-refractivity contribution >= 4 is 11.0 Å². The standard InChI is InChI=1S/C52H50N4O/c1-32-15-13-16-33(2)48(32)56-45-25-26-53-46(47(45)55-50(56)42-28-40(51(4,5)6)29-43(49(42)57)52(7,8)9)39-20-14-19-38(27-39)44-30-41(34(3)31-54-44)37-23-21-36(22-24-37)35-17-11-10-12-18-35/h10-31,57H,1-9H3. The van der Waals surface area contributed by atoms with Gasteiger partial charge in [-0.3, -0.25) is 14.5 Å². The molecule has 284 valence electrons. The van der Waals surface area contributed by atoms with Crippen LogP contribution in [0.25, 0.3) is 72.9 Å². The lowest BCUT2D eigenvalue weighted by Gasteiger charge is -2.27. The average Bonchev–Trinajstić information content (AvgIpc) is 3.57. The first-order valence-corrected chi connectivity index (χ1v) is 19.7. The van der Waals surface area contributed by atoms with Gasteiger partial charge in [-0.25, -0.2) is 4.98 Å². The second kappa shape index (κ2) is 14.3. The molecule has 0 unspecified atom stereocenters. The molecule has 0 saturated carbocycles. The van der Waals surface area contributed by atoms with Crippen molar-refractivity contribution in [1.82, 2.24) is 19.5 Å². The zero-order chi connectivity index (χ0) is 40.2. The quantitative estimate of drug-likeness (QED) is 0.184. The van der Waals surface area contributed by atoms with Crippen molar-refractivity contribution in [3.8, 4) is 67.6 Å². The molecule has 0 amide bonds. The first-order valence-electron chi connectivity index (χ1n) is 19.7. The lowest BCUT2D eigenvalue weighted by Crippen LogP contribution is -2.17.